The maximum Gasteiger partial charge on any atom is 0.328 e. The molecule has 2 N–H and O–H groups in total. The molecule has 2 heterocycles. The summed E-state index contributed by atoms with van der Waals surface area (Å²) in [5, 5.41) is 3.07. The van der Waals surface area contributed by atoms with E-state index in [9.17, 15) is 13.2 Å². The zero-order chi connectivity index (χ0) is 22.4. The minimum absolute atomic E-state index is 0.0601. The summed E-state index contributed by atoms with van der Waals surface area (Å²) in [7, 11) is -2.36. The Hall–Kier alpha value is -3.02. The maximum absolute atomic E-state index is 13.1. The van der Waals surface area contributed by atoms with E-state index in [1.54, 1.807) is 49.5 Å². The Morgan fingerprint density at radius 3 is 2.55 bits per heavy atom. The third-order valence-electron chi connectivity index (χ3n) is 4.19. The number of nitrogens with one attached hydrogen (secondary N) is 2. The number of thiazole rings is 1. The van der Waals surface area contributed by atoms with E-state index in [0.717, 1.165) is 11.3 Å². The summed E-state index contributed by atoms with van der Waals surface area (Å²) in [6.45, 7) is 4.15. The number of hydrogen-bond donors (Lipinski definition) is 2. The molecule has 0 aliphatic carbocycles. The number of benzene rings is 1. The van der Waals surface area contributed by atoms with Crippen molar-refractivity contribution < 1.29 is 17.9 Å². The molecule has 0 radical (unpaired) electrons. The van der Waals surface area contributed by atoms with E-state index in [2.05, 4.69) is 20.0 Å². The molecule has 0 saturated heterocycles. The lowest BCUT2D eigenvalue weighted by atomic mass is 10.3. The summed E-state index contributed by atoms with van der Waals surface area (Å²) >= 11 is 0.922. The number of aromatic nitrogens is 2. The first kappa shape index (κ1) is 22.7. The van der Waals surface area contributed by atoms with Crippen molar-refractivity contribution in [3.8, 4) is 5.75 Å². The van der Waals surface area contributed by atoms with Crippen molar-refractivity contribution in [3.63, 3.8) is 0 Å². The van der Waals surface area contributed by atoms with Gasteiger partial charge in [0.25, 0.3) is 10.0 Å². The lowest BCUT2D eigenvalue weighted by molar-refractivity contribution is 0.256. The molecule has 3 rings (SSSR count). The molecule has 0 unspecified atom stereocenters. The van der Waals surface area contributed by atoms with Gasteiger partial charge in [-0.15, -0.1) is 0 Å². The summed E-state index contributed by atoms with van der Waals surface area (Å²) in [4.78, 5) is 23.1. The number of sulfonamides is 1. The molecule has 0 atom stereocenters. The van der Waals surface area contributed by atoms with E-state index in [-0.39, 0.29) is 15.9 Å². The maximum atomic E-state index is 13.1. The fraction of sp³-hybridized carbons (Fsp3) is 0.250. The minimum Gasteiger partial charge on any atom is -0.494 e. The summed E-state index contributed by atoms with van der Waals surface area (Å²) in [5.41, 5.74) is 1.51. The first-order valence-corrected chi connectivity index (χ1v) is 11.8. The molecule has 0 saturated carbocycles. The van der Waals surface area contributed by atoms with Crippen LogP contribution in [0.5, 0.6) is 5.75 Å². The van der Waals surface area contributed by atoms with E-state index in [1.165, 1.54) is 11.9 Å². The number of anilines is 2. The standard InChI is InChI=1S/C20H23N5O4S2/c1-4-29-17-10-8-15(9-11-17)24-19(26)25(13-16-7-5-6-12-22-16)20-23-14(2)18(30-20)31(27,28)21-3/h5-12,21H,4,13H2,1-3H3,(H,24,26). The van der Waals surface area contributed by atoms with Crippen molar-refractivity contribution >= 4 is 38.2 Å². The summed E-state index contributed by atoms with van der Waals surface area (Å²) in [6.07, 6.45) is 1.63. The second kappa shape index (κ2) is 9.86. The van der Waals surface area contributed by atoms with Crippen LogP contribution in [0.15, 0.2) is 52.9 Å². The number of aryl methyl sites for hydroxylation is 1. The van der Waals surface area contributed by atoms with Crippen LogP contribution in [0.25, 0.3) is 0 Å². The summed E-state index contributed by atoms with van der Waals surface area (Å²) in [6, 6.07) is 11.9. The van der Waals surface area contributed by atoms with Gasteiger partial charge in [0.2, 0.25) is 0 Å². The van der Waals surface area contributed by atoms with Crippen LogP contribution in [0.4, 0.5) is 15.6 Å². The molecule has 9 nitrogen and oxygen atoms in total. The fourth-order valence-electron chi connectivity index (χ4n) is 2.70. The Morgan fingerprint density at radius 1 is 1.19 bits per heavy atom. The van der Waals surface area contributed by atoms with Gasteiger partial charge < -0.3 is 10.1 Å². The molecular formula is C20H23N5O4S2. The third kappa shape index (κ3) is 5.57. The summed E-state index contributed by atoms with van der Waals surface area (Å²) < 4.78 is 32.3. The van der Waals surface area contributed by atoms with E-state index >= 15 is 0 Å². The van der Waals surface area contributed by atoms with Crippen molar-refractivity contribution in [3.05, 3.63) is 60.0 Å². The van der Waals surface area contributed by atoms with Gasteiger partial charge in [-0.3, -0.25) is 9.88 Å². The number of hydrogen-bond acceptors (Lipinski definition) is 7. The van der Waals surface area contributed by atoms with Gasteiger partial charge in [-0.1, -0.05) is 17.4 Å². The van der Waals surface area contributed by atoms with Crippen molar-refractivity contribution in [2.75, 3.05) is 23.9 Å². The van der Waals surface area contributed by atoms with Crippen LogP contribution in [0.3, 0.4) is 0 Å². The molecule has 0 aliphatic heterocycles. The van der Waals surface area contributed by atoms with Gasteiger partial charge in [0, 0.05) is 11.9 Å². The number of carbonyl (C=O) groups is 1. The Labute approximate surface area is 185 Å². The van der Waals surface area contributed by atoms with Crippen molar-refractivity contribution in [2.24, 2.45) is 0 Å². The van der Waals surface area contributed by atoms with E-state index in [1.807, 2.05) is 13.0 Å². The highest BCUT2D eigenvalue weighted by Gasteiger charge is 2.26. The second-order valence-corrected chi connectivity index (χ2v) is 9.43. The number of carbonyl (C=O) groups excluding carboxylic acids is 1. The predicted molar refractivity (Wildman–Crippen MR) is 120 cm³/mol. The fourth-order valence-corrected chi connectivity index (χ4v) is 5.03. The van der Waals surface area contributed by atoms with Gasteiger partial charge in [0.05, 0.1) is 24.5 Å². The SMILES string of the molecule is CCOc1ccc(NC(=O)N(Cc2ccccn2)c2nc(C)c(S(=O)(=O)NC)s2)cc1. The molecule has 2 amide bonds. The average Bonchev–Trinajstić information content (AvgIpc) is 3.16. The van der Waals surface area contributed by atoms with Crippen LogP contribution in [-0.4, -0.2) is 38.1 Å². The first-order chi connectivity index (χ1) is 14.8. The Balaban J connectivity index is 1.91. The van der Waals surface area contributed by atoms with E-state index in [4.69, 9.17) is 4.74 Å². The molecule has 3 aromatic rings. The molecule has 11 heteroatoms. The van der Waals surface area contributed by atoms with Gasteiger partial charge in [-0.25, -0.2) is 22.9 Å². The van der Waals surface area contributed by atoms with Gasteiger partial charge in [-0.2, -0.15) is 0 Å². The largest absolute Gasteiger partial charge is 0.494 e. The van der Waals surface area contributed by atoms with Gasteiger partial charge >= 0.3 is 6.03 Å². The van der Waals surface area contributed by atoms with Gasteiger partial charge in [0.1, 0.15) is 5.75 Å². The first-order valence-electron chi connectivity index (χ1n) is 9.46. The predicted octanol–water partition coefficient (Wildman–Crippen LogP) is 3.39. The van der Waals surface area contributed by atoms with Crippen LogP contribution in [0, 0.1) is 6.92 Å². The quantitative estimate of drug-likeness (QED) is 0.532. The van der Waals surface area contributed by atoms with Crippen LogP contribution < -0.4 is 19.7 Å². The molecule has 164 valence electrons. The molecule has 1 aromatic carbocycles. The molecule has 0 aliphatic rings. The van der Waals surface area contributed by atoms with Crippen LogP contribution in [0.2, 0.25) is 0 Å². The van der Waals surface area contributed by atoms with Crippen molar-refractivity contribution in [1.29, 1.82) is 0 Å². The monoisotopic (exact) mass is 461 g/mol. The van der Waals surface area contributed by atoms with Crippen LogP contribution in [-0.2, 0) is 16.6 Å². The minimum atomic E-state index is -3.69. The number of ether oxygens (including phenoxy) is 1. The molecular weight excluding hydrogens is 438 g/mol. The highest BCUT2D eigenvalue weighted by molar-refractivity contribution is 7.91. The molecule has 0 bridgehead atoms. The highest BCUT2D eigenvalue weighted by Crippen LogP contribution is 2.31. The number of rotatable bonds is 8. The Kier molecular flexibility index (Phi) is 7.21. The lowest BCUT2D eigenvalue weighted by Crippen LogP contribution is -2.34. The molecule has 0 fully saturated rings. The molecule has 0 spiro atoms. The Morgan fingerprint density at radius 2 is 1.94 bits per heavy atom. The second-order valence-electron chi connectivity index (χ2n) is 6.37. The normalized spacial score (nSPS) is 11.2. The van der Waals surface area contributed by atoms with Gasteiger partial charge in [0.15, 0.2) is 9.34 Å². The zero-order valence-electron chi connectivity index (χ0n) is 17.3. The van der Waals surface area contributed by atoms with Crippen LogP contribution >= 0.6 is 11.3 Å². The number of nitrogens with zero attached hydrogens (tertiary/aromatic N) is 3. The average molecular weight is 462 g/mol. The third-order valence-corrected chi connectivity index (χ3v) is 7.40. The van der Waals surface area contributed by atoms with Crippen molar-refractivity contribution in [2.45, 2.75) is 24.6 Å². The van der Waals surface area contributed by atoms with E-state index in [0.29, 0.717) is 29.4 Å². The lowest BCUT2D eigenvalue weighted by Gasteiger charge is -2.20. The van der Waals surface area contributed by atoms with Crippen LogP contribution in [0.1, 0.15) is 18.3 Å². The van der Waals surface area contributed by atoms with Gasteiger partial charge in [-0.05, 0) is 57.3 Å². The zero-order valence-corrected chi connectivity index (χ0v) is 19.0. The smallest absolute Gasteiger partial charge is 0.328 e. The summed E-state index contributed by atoms with van der Waals surface area (Å²) in [5.74, 6) is 0.698. The molecule has 2 aromatic heterocycles. The number of amides is 2. The molecule has 31 heavy (non-hydrogen) atoms. The topological polar surface area (TPSA) is 114 Å². The highest BCUT2D eigenvalue weighted by atomic mass is 32.2. The Bertz CT molecular complexity index is 1130. The van der Waals surface area contributed by atoms with Crippen molar-refractivity contribution in [1.82, 2.24) is 14.7 Å². The number of urea groups is 1. The number of pyridine rings is 1. The van der Waals surface area contributed by atoms with E-state index < -0.39 is 16.1 Å².